The number of rotatable bonds is 3. The van der Waals surface area contributed by atoms with Gasteiger partial charge in [-0.15, -0.1) is 0 Å². The molecule has 1 heterocycles. The largest absolute Gasteiger partial charge is 0.334 e. The quantitative estimate of drug-likeness (QED) is 0.626. The van der Waals surface area contributed by atoms with Crippen LogP contribution in [0.25, 0.3) is 0 Å². The molecule has 0 spiro atoms. The van der Waals surface area contributed by atoms with Crippen molar-refractivity contribution in [3.63, 3.8) is 0 Å². The van der Waals surface area contributed by atoms with Crippen LogP contribution in [0.5, 0.6) is 0 Å². The predicted molar refractivity (Wildman–Crippen MR) is 49.8 cm³/mol. The van der Waals surface area contributed by atoms with E-state index in [1.807, 2.05) is 0 Å². The number of hydrogen-bond donors (Lipinski definition) is 3. The lowest BCUT2D eigenvalue weighted by atomic mass is 10.4. The molecule has 0 fully saturated rings. The van der Waals surface area contributed by atoms with Crippen molar-refractivity contribution in [2.45, 2.75) is 0 Å². The normalized spacial score (nSPS) is 11.0. The number of pyridine rings is 1. The molecule has 0 saturated heterocycles. The molecule has 0 radical (unpaired) electrons. The van der Waals surface area contributed by atoms with E-state index in [9.17, 15) is 9.36 Å². The second-order valence-corrected chi connectivity index (χ2v) is 4.25. The van der Waals surface area contributed by atoms with Gasteiger partial charge in [0.15, 0.2) is 0 Å². The number of aromatic nitrogens is 1. The standard InChI is InChI=1S/C7H9N2O4P/c10-7(5-14(11,12)13)9-6-1-3-8-4-2-6/h1-4H,5H2,(H,8,9,10)(H2,11,12,13). The van der Waals surface area contributed by atoms with Gasteiger partial charge in [0.25, 0.3) is 0 Å². The second kappa shape index (κ2) is 4.32. The van der Waals surface area contributed by atoms with Crippen LogP contribution in [0, 0.1) is 0 Å². The first-order chi connectivity index (χ1) is 6.47. The summed E-state index contributed by atoms with van der Waals surface area (Å²) in [5, 5.41) is 2.33. The molecular formula is C7H9N2O4P. The van der Waals surface area contributed by atoms with Crippen molar-refractivity contribution in [3.8, 4) is 0 Å². The van der Waals surface area contributed by atoms with Crippen LogP contribution in [0.4, 0.5) is 5.69 Å². The fraction of sp³-hybridized carbons (Fsp3) is 0.143. The number of carbonyl (C=O) groups excluding carboxylic acids is 1. The smallest absolute Gasteiger partial charge is 0.325 e. The average Bonchev–Trinajstić information content (AvgIpc) is 2.02. The van der Waals surface area contributed by atoms with Gasteiger partial charge in [-0.3, -0.25) is 14.3 Å². The molecule has 0 aliphatic carbocycles. The van der Waals surface area contributed by atoms with Gasteiger partial charge < -0.3 is 15.1 Å². The molecule has 76 valence electrons. The minimum Gasteiger partial charge on any atom is -0.325 e. The van der Waals surface area contributed by atoms with E-state index in [0.717, 1.165) is 0 Å². The highest BCUT2D eigenvalue weighted by Crippen LogP contribution is 2.33. The Balaban J connectivity index is 2.55. The Morgan fingerprint density at radius 3 is 2.50 bits per heavy atom. The number of nitrogens with zero attached hydrogens (tertiary/aromatic N) is 1. The minimum absolute atomic E-state index is 0.457. The molecule has 1 amide bonds. The van der Waals surface area contributed by atoms with Gasteiger partial charge in [0, 0.05) is 18.1 Å². The van der Waals surface area contributed by atoms with Gasteiger partial charge in [-0.2, -0.15) is 0 Å². The predicted octanol–water partition coefficient (Wildman–Crippen LogP) is 0.198. The number of carbonyl (C=O) groups is 1. The molecule has 0 unspecified atom stereocenters. The van der Waals surface area contributed by atoms with Crippen molar-refractivity contribution in [2.24, 2.45) is 0 Å². The summed E-state index contributed by atoms with van der Waals surface area (Å²) < 4.78 is 10.5. The minimum atomic E-state index is -4.29. The summed E-state index contributed by atoms with van der Waals surface area (Å²) >= 11 is 0. The van der Waals surface area contributed by atoms with Gasteiger partial charge in [-0.1, -0.05) is 0 Å². The summed E-state index contributed by atoms with van der Waals surface area (Å²) in [4.78, 5) is 31.7. The van der Waals surface area contributed by atoms with E-state index in [-0.39, 0.29) is 0 Å². The van der Waals surface area contributed by atoms with Crippen LogP contribution in [0.15, 0.2) is 24.5 Å². The number of nitrogens with one attached hydrogen (secondary N) is 1. The third kappa shape index (κ3) is 4.13. The van der Waals surface area contributed by atoms with Gasteiger partial charge >= 0.3 is 7.60 Å². The molecule has 1 aromatic rings. The summed E-state index contributed by atoms with van der Waals surface area (Å²) in [5.41, 5.74) is 0.457. The van der Waals surface area contributed by atoms with Gasteiger partial charge in [0.2, 0.25) is 5.91 Å². The maximum Gasteiger partial charge on any atom is 0.334 e. The zero-order valence-corrected chi connectivity index (χ0v) is 8.02. The molecule has 3 N–H and O–H groups in total. The lowest BCUT2D eigenvalue weighted by Crippen LogP contribution is -2.16. The van der Waals surface area contributed by atoms with E-state index >= 15 is 0 Å². The van der Waals surface area contributed by atoms with E-state index in [1.54, 1.807) is 0 Å². The van der Waals surface area contributed by atoms with Gasteiger partial charge in [-0.25, -0.2) is 0 Å². The number of amides is 1. The highest BCUT2D eigenvalue weighted by molar-refractivity contribution is 7.52. The Morgan fingerprint density at radius 1 is 1.43 bits per heavy atom. The second-order valence-electron chi connectivity index (χ2n) is 2.61. The summed E-state index contributed by atoms with van der Waals surface area (Å²) in [6.45, 7) is 0. The average molecular weight is 216 g/mol. The molecule has 0 atom stereocenters. The third-order valence-corrected chi connectivity index (χ3v) is 2.01. The Morgan fingerprint density at radius 2 is 2.00 bits per heavy atom. The molecule has 0 bridgehead atoms. The van der Waals surface area contributed by atoms with Crippen molar-refractivity contribution in [1.29, 1.82) is 0 Å². The molecular weight excluding hydrogens is 207 g/mol. The zero-order chi connectivity index (χ0) is 10.6. The van der Waals surface area contributed by atoms with E-state index in [4.69, 9.17) is 9.79 Å². The number of hydrogen-bond acceptors (Lipinski definition) is 3. The SMILES string of the molecule is O=C(CP(=O)(O)O)Nc1ccncc1. The van der Waals surface area contributed by atoms with Crippen LogP contribution in [-0.4, -0.2) is 26.8 Å². The highest BCUT2D eigenvalue weighted by atomic mass is 31.2. The monoisotopic (exact) mass is 216 g/mol. The van der Waals surface area contributed by atoms with E-state index in [1.165, 1.54) is 24.5 Å². The van der Waals surface area contributed by atoms with Crippen LogP contribution >= 0.6 is 7.60 Å². The summed E-state index contributed by atoms with van der Waals surface area (Å²) in [6.07, 6.45) is 2.12. The van der Waals surface area contributed by atoms with Crippen LogP contribution in [0.3, 0.4) is 0 Å². The number of anilines is 1. The zero-order valence-electron chi connectivity index (χ0n) is 7.12. The summed E-state index contributed by atoms with van der Waals surface area (Å²) in [6, 6.07) is 3.05. The van der Waals surface area contributed by atoms with Crippen LogP contribution in [0.2, 0.25) is 0 Å². The van der Waals surface area contributed by atoms with Crippen molar-refractivity contribution < 1.29 is 19.1 Å². The Hall–Kier alpha value is -1.23. The van der Waals surface area contributed by atoms with Crippen LogP contribution in [0.1, 0.15) is 0 Å². The first-order valence-corrected chi connectivity index (χ1v) is 5.51. The van der Waals surface area contributed by atoms with Gasteiger partial charge in [-0.05, 0) is 12.1 Å². The van der Waals surface area contributed by atoms with Crippen molar-refractivity contribution in [3.05, 3.63) is 24.5 Å². The lowest BCUT2D eigenvalue weighted by molar-refractivity contribution is -0.114. The summed E-state index contributed by atoms with van der Waals surface area (Å²) in [7, 11) is -4.29. The van der Waals surface area contributed by atoms with Gasteiger partial charge in [0.1, 0.15) is 6.16 Å². The molecule has 0 saturated carbocycles. The molecule has 14 heavy (non-hydrogen) atoms. The fourth-order valence-corrected chi connectivity index (χ4v) is 1.28. The van der Waals surface area contributed by atoms with Crippen LogP contribution in [-0.2, 0) is 9.36 Å². The lowest BCUT2D eigenvalue weighted by Gasteiger charge is -2.05. The Labute approximate surface area is 80.1 Å². The first kappa shape index (κ1) is 10.8. The summed E-state index contributed by atoms with van der Waals surface area (Å²) in [5.74, 6) is -0.718. The van der Waals surface area contributed by atoms with Crippen LogP contribution < -0.4 is 5.32 Å². The van der Waals surface area contributed by atoms with Crippen molar-refractivity contribution >= 4 is 19.2 Å². The highest BCUT2D eigenvalue weighted by Gasteiger charge is 2.18. The van der Waals surface area contributed by atoms with E-state index in [2.05, 4.69) is 10.3 Å². The van der Waals surface area contributed by atoms with E-state index in [0.29, 0.717) is 5.69 Å². The molecule has 0 aliphatic heterocycles. The van der Waals surface area contributed by atoms with Crippen molar-refractivity contribution in [2.75, 3.05) is 11.5 Å². The Bertz CT molecular complexity index is 361. The maximum absolute atomic E-state index is 11.0. The van der Waals surface area contributed by atoms with Crippen molar-refractivity contribution in [1.82, 2.24) is 4.98 Å². The maximum atomic E-state index is 11.0. The van der Waals surface area contributed by atoms with E-state index < -0.39 is 19.7 Å². The molecule has 1 rings (SSSR count). The fourth-order valence-electron chi connectivity index (χ4n) is 0.823. The van der Waals surface area contributed by atoms with Gasteiger partial charge in [0.05, 0.1) is 0 Å². The molecule has 7 heteroatoms. The molecule has 0 aliphatic rings. The molecule has 1 aromatic heterocycles. The molecule has 0 aromatic carbocycles. The third-order valence-electron chi connectivity index (χ3n) is 1.31. The molecule has 6 nitrogen and oxygen atoms in total. The Kier molecular flexibility index (Phi) is 3.35. The topological polar surface area (TPSA) is 99.5 Å². The first-order valence-electron chi connectivity index (χ1n) is 3.72.